The molecule has 0 fully saturated rings. The zero-order valence-corrected chi connectivity index (χ0v) is 29.6. The Bertz CT molecular complexity index is 1900. The number of hydrogen-bond acceptors (Lipinski definition) is 13. The quantitative estimate of drug-likeness (QED) is 0.0591. The van der Waals surface area contributed by atoms with E-state index in [1.54, 1.807) is 42.5 Å². The summed E-state index contributed by atoms with van der Waals surface area (Å²) in [5, 5.41) is 2.95. The van der Waals surface area contributed by atoms with Gasteiger partial charge in [-0.15, -0.1) is 0 Å². The molecule has 1 atom stereocenters. The first kappa shape index (κ1) is 38.4. The Morgan fingerprint density at radius 2 is 1.28 bits per heavy atom. The number of ether oxygens (including phenoxy) is 9. The van der Waals surface area contributed by atoms with Crippen LogP contribution in [0.5, 0.6) is 23.0 Å². The molecule has 14 nitrogen and oxygen atoms in total. The molecule has 0 radical (unpaired) electrons. The standard InChI is InChI=1S/C39H39NO13/c1-45-21-49-29-14-12-26(13-15-29)37(43)40-39(17-16-25-8-5-6-10-30(25)39)53-38(44)28-18-32(51-23-47-3)35(33(19-28)52-24-48-4)36(42)34-27(20-41)9-7-11-31(34)50-22-46-2/h5-15,18-20H,16-17,21-24H2,1-4H3,(H,40,43). The van der Waals surface area contributed by atoms with Crippen LogP contribution in [0.2, 0.25) is 0 Å². The first-order valence-electron chi connectivity index (χ1n) is 16.3. The van der Waals surface area contributed by atoms with Crippen LogP contribution in [-0.2, 0) is 35.8 Å². The maximum absolute atomic E-state index is 14.4. The molecule has 0 saturated heterocycles. The lowest BCUT2D eigenvalue weighted by Crippen LogP contribution is -2.47. The van der Waals surface area contributed by atoms with Crippen molar-refractivity contribution in [3.8, 4) is 23.0 Å². The summed E-state index contributed by atoms with van der Waals surface area (Å²) in [6.45, 7) is -0.813. The fourth-order valence-corrected chi connectivity index (χ4v) is 5.80. The van der Waals surface area contributed by atoms with Gasteiger partial charge in [-0.1, -0.05) is 36.4 Å². The zero-order valence-electron chi connectivity index (χ0n) is 29.6. The third-order valence-electron chi connectivity index (χ3n) is 8.18. The number of amides is 1. The normalized spacial score (nSPS) is 14.5. The highest BCUT2D eigenvalue weighted by atomic mass is 16.7. The lowest BCUT2D eigenvalue weighted by Gasteiger charge is -2.31. The second-order valence-electron chi connectivity index (χ2n) is 11.6. The second-order valence-corrected chi connectivity index (χ2v) is 11.6. The molecule has 1 unspecified atom stereocenters. The summed E-state index contributed by atoms with van der Waals surface area (Å²) >= 11 is 0. The highest BCUT2D eigenvalue weighted by molar-refractivity contribution is 6.17. The molecule has 4 aromatic carbocycles. The van der Waals surface area contributed by atoms with Gasteiger partial charge in [-0.3, -0.25) is 14.4 Å². The first-order valence-corrected chi connectivity index (χ1v) is 16.3. The van der Waals surface area contributed by atoms with Crippen LogP contribution in [-0.4, -0.2) is 79.6 Å². The smallest absolute Gasteiger partial charge is 0.340 e. The van der Waals surface area contributed by atoms with E-state index >= 15 is 0 Å². The third-order valence-corrected chi connectivity index (χ3v) is 8.18. The molecule has 278 valence electrons. The molecule has 0 saturated carbocycles. The number of methoxy groups -OCH3 is 4. The monoisotopic (exact) mass is 729 g/mol. The van der Waals surface area contributed by atoms with E-state index in [2.05, 4.69) is 5.32 Å². The van der Waals surface area contributed by atoms with Gasteiger partial charge in [0.25, 0.3) is 5.91 Å². The maximum Gasteiger partial charge on any atom is 0.340 e. The van der Waals surface area contributed by atoms with Gasteiger partial charge in [-0.05, 0) is 54.4 Å². The minimum atomic E-state index is -1.57. The molecule has 0 bridgehead atoms. The van der Waals surface area contributed by atoms with Crippen LogP contribution in [0.15, 0.2) is 78.9 Å². The molecule has 14 heteroatoms. The number of nitrogens with one attached hydrogen (secondary N) is 1. The van der Waals surface area contributed by atoms with Gasteiger partial charge in [-0.25, -0.2) is 4.79 Å². The molecule has 1 aliphatic rings. The van der Waals surface area contributed by atoms with Gasteiger partial charge >= 0.3 is 5.97 Å². The number of ketones is 1. The number of aryl methyl sites for hydroxylation is 1. The summed E-state index contributed by atoms with van der Waals surface area (Å²) in [5.41, 5.74) is -0.0863. The van der Waals surface area contributed by atoms with E-state index in [4.69, 9.17) is 42.6 Å². The van der Waals surface area contributed by atoms with Crippen molar-refractivity contribution in [1.29, 1.82) is 0 Å². The number of hydrogen-bond donors (Lipinski definition) is 1. The Balaban J connectivity index is 1.56. The lowest BCUT2D eigenvalue weighted by atomic mass is 9.95. The third kappa shape index (κ3) is 8.81. The van der Waals surface area contributed by atoms with Gasteiger partial charge in [-0.2, -0.15) is 0 Å². The number of rotatable bonds is 19. The topological polar surface area (TPSA) is 163 Å². The van der Waals surface area contributed by atoms with Crippen LogP contribution in [0.3, 0.4) is 0 Å². The predicted molar refractivity (Wildman–Crippen MR) is 187 cm³/mol. The van der Waals surface area contributed by atoms with Crippen molar-refractivity contribution in [1.82, 2.24) is 5.32 Å². The van der Waals surface area contributed by atoms with Crippen LogP contribution in [0.1, 0.15) is 64.5 Å². The number of fused-ring (bicyclic) bond motifs is 1. The summed E-state index contributed by atoms with van der Waals surface area (Å²) in [6, 6.07) is 20.9. The van der Waals surface area contributed by atoms with Crippen LogP contribution < -0.4 is 24.3 Å². The highest BCUT2D eigenvalue weighted by Crippen LogP contribution is 2.41. The highest BCUT2D eigenvalue weighted by Gasteiger charge is 2.44. The van der Waals surface area contributed by atoms with Crippen LogP contribution in [0, 0.1) is 0 Å². The lowest BCUT2D eigenvalue weighted by molar-refractivity contribution is -0.0362. The Kier molecular flexibility index (Phi) is 13.1. The van der Waals surface area contributed by atoms with Crippen molar-refractivity contribution >= 4 is 23.9 Å². The van der Waals surface area contributed by atoms with Crippen LogP contribution in [0.4, 0.5) is 0 Å². The molecule has 53 heavy (non-hydrogen) atoms. The minimum Gasteiger partial charge on any atom is -0.468 e. The average molecular weight is 730 g/mol. The molecule has 4 aromatic rings. The van der Waals surface area contributed by atoms with E-state index in [9.17, 15) is 19.2 Å². The van der Waals surface area contributed by atoms with Crippen LogP contribution in [0.25, 0.3) is 0 Å². The number of esters is 1. The van der Waals surface area contributed by atoms with Gasteiger partial charge in [0, 0.05) is 51.6 Å². The van der Waals surface area contributed by atoms with Crippen molar-refractivity contribution < 1.29 is 61.8 Å². The van der Waals surface area contributed by atoms with Gasteiger partial charge < -0.3 is 47.9 Å². The first-order chi connectivity index (χ1) is 25.8. The fourth-order valence-electron chi connectivity index (χ4n) is 5.80. The van der Waals surface area contributed by atoms with E-state index in [0.717, 1.165) is 5.56 Å². The second kappa shape index (κ2) is 18.1. The summed E-state index contributed by atoms with van der Waals surface area (Å²) in [5.74, 6) is -1.77. The van der Waals surface area contributed by atoms with Crippen LogP contribution >= 0.6 is 0 Å². The number of aldehydes is 1. The molecule has 1 N–H and O–H groups in total. The Labute approximate surface area is 305 Å². The van der Waals surface area contributed by atoms with Crippen molar-refractivity contribution in [2.75, 3.05) is 55.6 Å². The van der Waals surface area contributed by atoms with E-state index in [-0.39, 0.29) is 73.1 Å². The largest absolute Gasteiger partial charge is 0.468 e. The van der Waals surface area contributed by atoms with Gasteiger partial charge in [0.2, 0.25) is 11.5 Å². The van der Waals surface area contributed by atoms with Crippen molar-refractivity contribution in [3.05, 3.63) is 118 Å². The minimum absolute atomic E-state index is 0.0252. The molecular formula is C39H39NO13. The maximum atomic E-state index is 14.4. The number of benzene rings is 4. The summed E-state index contributed by atoms with van der Waals surface area (Å²) in [6.07, 6.45) is 1.26. The van der Waals surface area contributed by atoms with E-state index in [1.807, 2.05) is 12.1 Å². The molecule has 1 aliphatic carbocycles. The summed E-state index contributed by atoms with van der Waals surface area (Å²) in [4.78, 5) is 54.4. The Morgan fingerprint density at radius 3 is 1.91 bits per heavy atom. The average Bonchev–Trinajstić information content (AvgIpc) is 3.54. The molecule has 1 amide bonds. The van der Waals surface area contributed by atoms with Gasteiger partial charge in [0.05, 0.1) is 11.1 Å². The van der Waals surface area contributed by atoms with E-state index < -0.39 is 23.4 Å². The van der Waals surface area contributed by atoms with Crippen molar-refractivity contribution in [2.45, 2.75) is 18.6 Å². The predicted octanol–water partition coefficient (Wildman–Crippen LogP) is 5.05. The Hall–Kier alpha value is -5.80. The Morgan fingerprint density at radius 1 is 0.679 bits per heavy atom. The molecule has 0 spiro atoms. The molecule has 0 aliphatic heterocycles. The van der Waals surface area contributed by atoms with E-state index in [0.29, 0.717) is 29.6 Å². The SMILES string of the molecule is COCOc1ccc(C(=O)NC2(OC(=O)c3cc(OCOC)c(C(=O)c4c(C=O)cccc4OCOC)c(OCOC)c3)CCc3ccccc32)cc1. The van der Waals surface area contributed by atoms with E-state index in [1.165, 1.54) is 52.7 Å². The molecule has 0 aromatic heterocycles. The van der Waals surface area contributed by atoms with Gasteiger partial charge in [0.15, 0.2) is 33.5 Å². The fraction of sp³-hybridized carbons (Fsp3) is 0.282. The number of carbonyl (C=O) groups excluding carboxylic acids is 4. The molecular weight excluding hydrogens is 690 g/mol. The number of carbonyl (C=O) groups is 4. The zero-order chi connectivity index (χ0) is 37.8. The van der Waals surface area contributed by atoms with Crippen molar-refractivity contribution in [3.63, 3.8) is 0 Å². The molecule has 0 heterocycles. The summed E-state index contributed by atoms with van der Waals surface area (Å²) < 4.78 is 49.2. The van der Waals surface area contributed by atoms with Gasteiger partial charge in [0.1, 0.15) is 28.6 Å². The van der Waals surface area contributed by atoms with Crippen molar-refractivity contribution in [2.24, 2.45) is 0 Å². The summed E-state index contributed by atoms with van der Waals surface area (Å²) in [7, 11) is 5.67. The molecule has 5 rings (SSSR count).